The monoisotopic (exact) mass is 325 g/mol. The lowest BCUT2D eigenvalue weighted by Gasteiger charge is -2.22. The Morgan fingerprint density at radius 2 is 1.75 bits per heavy atom. The predicted molar refractivity (Wildman–Crippen MR) is 88.7 cm³/mol. The van der Waals surface area contributed by atoms with Crippen LogP contribution < -0.4 is 10.1 Å². The van der Waals surface area contributed by atoms with Crippen molar-refractivity contribution in [1.82, 2.24) is 5.32 Å². The van der Waals surface area contributed by atoms with E-state index in [2.05, 4.69) is 5.32 Å². The lowest BCUT2D eigenvalue weighted by Crippen LogP contribution is -2.31. The molecule has 0 aromatic heterocycles. The van der Waals surface area contributed by atoms with Gasteiger partial charge in [-0.2, -0.15) is 0 Å². The number of para-hydroxylation sites is 1. The van der Waals surface area contributed by atoms with Crippen LogP contribution in [-0.4, -0.2) is 24.1 Å². The zero-order chi connectivity index (χ0) is 17.1. The van der Waals surface area contributed by atoms with Gasteiger partial charge in [-0.15, -0.1) is 0 Å². The minimum atomic E-state index is -0.913. The summed E-state index contributed by atoms with van der Waals surface area (Å²) in [6.07, 6.45) is 0.397. The van der Waals surface area contributed by atoms with E-state index in [1.54, 1.807) is 7.11 Å². The van der Waals surface area contributed by atoms with Crippen molar-refractivity contribution in [2.75, 3.05) is 7.11 Å². The SMILES string of the molecule is COc1ccccc1[C@H](NC(=O)[C@H]1C[C@H]1C(=O)O)c1ccccc1. The summed E-state index contributed by atoms with van der Waals surface area (Å²) in [5, 5.41) is 12.0. The van der Waals surface area contributed by atoms with Gasteiger partial charge in [0.25, 0.3) is 0 Å². The molecule has 2 N–H and O–H groups in total. The molecule has 1 aliphatic rings. The van der Waals surface area contributed by atoms with Crippen LogP contribution in [0.2, 0.25) is 0 Å². The number of carbonyl (C=O) groups is 2. The van der Waals surface area contributed by atoms with E-state index in [4.69, 9.17) is 9.84 Å². The number of carboxylic acid groups (broad SMARTS) is 1. The number of hydrogen-bond donors (Lipinski definition) is 2. The number of carboxylic acids is 1. The van der Waals surface area contributed by atoms with Crippen LogP contribution >= 0.6 is 0 Å². The molecule has 1 aliphatic carbocycles. The van der Waals surface area contributed by atoms with Crippen LogP contribution in [0, 0.1) is 11.8 Å². The Morgan fingerprint density at radius 1 is 1.08 bits per heavy atom. The Labute approximate surface area is 140 Å². The number of carbonyl (C=O) groups excluding carboxylic acids is 1. The number of amides is 1. The van der Waals surface area contributed by atoms with Crippen molar-refractivity contribution in [2.45, 2.75) is 12.5 Å². The van der Waals surface area contributed by atoms with Crippen molar-refractivity contribution in [2.24, 2.45) is 11.8 Å². The molecule has 2 aromatic carbocycles. The fraction of sp³-hybridized carbons (Fsp3) is 0.263. The van der Waals surface area contributed by atoms with E-state index < -0.39 is 17.8 Å². The summed E-state index contributed by atoms with van der Waals surface area (Å²) in [5.74, 6) is -1.49. The first-order valence-electron chi connectivity index (χ1n) is 7.83. The largest absolute Gasteiger partial charge is 0.496 e. The number of aliphatic carboxylic acids is 1. The van der Waals surface area contributed by atoms with E-state index in [1.807, 2.05) is 54.6 Å². The van der Waals surface area contributed by atoms with Gasteiger partial charge >= 0.3 is 5.97 Å². The third-order valence-corrected chi connectivity index (χ3v) is 4.31. The van der Waals surface area contributed by atoms with Crippen LogP contribution in [0.3, 0.4) is 0 Å². The van der Waals surface area contributed by atoms with Gasteiger partial charge < -0.3 is 15.2 Å². The molecule has 1 amide bonds. The highest BCUT2D eigenvalue weighted by atomic mass is 16.5. The van der Waals surface area contributed by atoms with E-state index in [1.165, 1.54) is 0 Å². The summed E-state index contributed by atoms with van der Waals surface area (Å²) in [5.41, 5.74) is 1.76. The van der Waals surface area contributed by atoms with Crippen molar-refractivity contribution < 1.29 is 19.4 Å². The number of ether oxygens (including phenoxy) is 1. The van der Waals surface area contributed by atoms with Gasteiger partial charge in [0, 0.05) is 5.56 Å². The van der Waals surface area contributed by atoms with Crippen molar-refractivity contribution in [3.05, 3.63) is 65.7 Å². The molecule has 5 nitrogen and oxygen atoms in total. The van der Waals surface area contributed by atoms with Gasteiger partial charge in [0.1, 0.15) is 5.75 Å². The lowest BCUT2D eigenvalue weighted by molar-refractivity contribution is -0.140. The van der Waals surface area contributed by atoms with Crippen LogP contribution in [0.25, 0.3) is 0 Å². The Hall–Kier alpha value is -2.82. The molecule has 1 saturated carbocycles. The molecule has 0 unspecified atom stereocenters. The Kier molecular flexibility index (Phi) is 4.51. The molecule has 24 heavy (non-hydrogen) atoms. The predicted octanol–water partition coefficient (Wildman–Crippen LogP) is 2.62. The average molecular weight is 325 g/mol. The Bertz CT molecular complexity index is 744. The number of nitrogens with one attached hydrogen (secondary N) is 1. The second-order valence-electron chi connectivity index (χ2n) is 5.88. The summed E-state index contributed by atoms with van der Waals surface area (Å²) in [4.78, 5) is 23.5. The third-order valence-electron chi connectivity index (χ3n) is 4.31. The lowest BCUT2D eigenvalue weighted by atomic mass is 9.97. The molecule has 5 heteroatoms. The smallest absolute Gasteiger partial charge is 0.307 e. The van der Waals surface area contributed by atoms with Crippen LogP contribution in [0.15, 0.2) is 54.6 Å². The normalized spacial score (nSPS) is 20.0. The first-order valence-corrected chi connectivity index (χ1v) is 7.83. The van der Waals surface area contributed by atoms with Gasteiger partial charge in [0.2, 0.25) is 5.91 Å². The molecule has 2 aromatic rings. The maximum atomic E-state index is 12.5. The number of benzene rings is 2. The molecule has 0 heterocycles. The first kappa shape index (κ1) is 16.1. The molecule has 0 bridgehead atoms. The highest BCUT2D eigenvalue weighted by Crippen LogP contribution is 2.40. The van der Waals surface area contributed by atoms with Gasteiger partial charge in [-0.1, -0.05) is 48.5 Å². The average Bonchev–Trinajstić information content (AvgIpc) is 3.41. The van der Waals surface area contributed by atoms with Gasteiger partial charge in [-0.05, 0) is 18.1 Å². The molecule has 3 atom stereocenters. The van der Waals surface area contributed by atoms with E-state index in [0.29, 0.717) is 12.2 Å². The minimum absolute atomic E-state index is 0.234. The second kappa shape index (κ2) is 6.74. The molecule has 0 spiro atoms. The number of methoxy groups -OCH3 is 1. The van der Waals surface area contributed by atoms with Crippen LogP contribution in [-0.2, 0) is 9.59 Å². The Balaban J connectivity index is 1.89. The first-order chi connectivity index (χ1) is 11.6. The van der Waals surface area contributed by atoms with Crippen molar-refractivity contribution >= 4 is 11.9 Å². The highest BCUT2D eigenvalue weighted by molar-refractivity contribution is 5.89. The third kappa shape index (κ3) is 3.25. The zero-order valence-corrected chi connectivity index (χ0v) is 13.3. The molecule has 1 fully saturated rings. The standard InChI is InChI=1S/C19H19NO4/c1-24-16-10-6-5-9-13(16)17(12-7-3-2-4-8-12)20-18(21)14-11-15(14)19(22)23/h2-10,14-15,17H,11H2,1H3,(H,20,21)(H,22,23)/t14-,15+,17+/m0/s1. The van der Waals surface area contributed by atoms with Gasteiger partial charge in [-0.25, -0.2) is 0 Å². The Morgan fingerprint density at radius 3 is 2.38 bits per heavy atom. The quantitative estimate of drug-likeness (QED) is 0.856. The molecule has 124 valence electrons. The molecule has 0 radical (unpaired) electrons. The summed E-state index contributed by atoms with van der Waals surface area (Å²) in [7, 11) is 1.59. The number of hydrogen-bond acceptors (Lipinski definition) is 3. The van der Waals surface area contributed by atoms with Crippen molar-refractivity contribution in [3.63, 3.8) is 0 Å². The van der Waals surface area contributed by atoms with E-state index in [0.717, 1.165) is 11.1 Å². The van der Waals surface area contributed by atoms with Crippen LogP contribution in [0.4, 0.5) is 0 Å². The summed E-state index contributed by atoms with van der Waals surface area (Å²) in [6, 6.07) is 16.7. The topological polar surface area (TPSA) is 75.6 Å². The summed E-state index contributed by atoms with van der Waals surface area (Å²) >= 11 is 0. The van der Waals surface area contributed by atoms with Crippen molar-refractivity contribution in [3.8, 4) is 5.75 Å². The minimum Gasteiger partial charge on any atom is -0.496 e. The van der Waals surface area contributed by atoms with Gasteiger partial charge in [0.15, 0.2) is 0 Å². The van der Waals surface area contributed by atoms with Crippen LogP contribution in [0.1, 0.15) is 23.6 Å². The van der Waals surface area contributed by atoms with Gasteiger partial charge in [0.05, 0.1) is 25.0 Å². The maximum Gasteiger partial charge on any atom is 0.307 e. The van der Waals surface area contributed by atoms with E-state index in [-0.39, 0.29) is 11.9 Å². The summed E-state index contributed by atoms with van der Waals surface area (Å²) < 4.78 is 5.42. The number of rotatable bonds is 6. The fourth-order valence-corrected chi connectivity index (χ4v) is 2.90. The molecular weight excluding hydrogens is 306 g/mol. The van der Waals surface area contributed by atoms with E-state index in [9.17, 15) is 9.59 Å². The van der Waals surface area contributed by atoms with Crippen LogP contribution in [0.5, 0.6) is 5.75 Å². The highest BCUT2D eigenvalue weighted by Gasteiger charge is 2.48. The van der Waals surface area contributed by atoms with Crippen molar-refractivity contribution in [1.29, 1.82) is 0 Å². The molecular formula is C19H19NO4. The van der Waals surface area contributed by atoms with Gasteiger partial charge in [-0.3, -0.25) is 9.59 Å². The fourth-order valence-electron chi connectivity index (χ4n) is 2.90. The summed E-state index contributed by atoms with van der Waals surface area (Å²) in [6.45, 7) is 0. The maximum absolute atomic E-state index is 12.5. The zero-order valence-electron chi connectivity index (χ0n) is 13.3. The molecule has 3 rings (SSSR count). The van der Waals surface area contributed by atoms with E-state index >= 15 is 0 Å². The molecule has 0 saturated heterocycles. The second-order valence-corrected chi connectivity index (χ2v) is 5.88. The molecule has 0 aliphatic heterocycles.